The second-order valence-electron chi connectivity index (χ2n) is 7.79. The fraction of sp³-hybridized carbons (Fsp3) is 0.375. The van der Waals surface area contributed by atoms with Crippen molar-refractivity contribution in [3.05, 3.63) is 60.2 Å². The summed E-state index contributed by atoms with van der Waals surface area (Å²) >= 11 is 0. The maximum absolute atomic E-state index is 13.2. The predicted molar refractivity (Wildman–Crippen MR) is 119 cm³/mol. The van der Waals surface area contributed by atoms with Crippen LogP contribution in [0.3, 0.4) is 0 Å². The van der Waals surface area contributed by atoms with Gasteiger partial charge in [-0.15, -0.1) is 0 Å². The lowest BCUT2D eigenvalue weighted by molar-refractivity contribution is -0.131. The van der Waals surface area contributed by atoms with E-state index in [0.29, 0.717) is 37.5 Å². The van der Waals surface area contributed by atoms with Crippen LogP contribution in [0.15, 0.2) is 53.1 Å². The van der Waals surface area contributed by atoms with Gasteiger partial charge in [-0.05, 0) is 61.4 Å². The lowest BCUT2D eigenvalue weighted by Gasteiger charge is -2.23. The van der Waals surface area contributed by atoms with E-state index in [4.69, 9.17) is 9.26 Å². The number of methoxy groups -OCH3 is 1. The van der Waals surface area contributed by atoms with Gasteiger partial charge in [0.1, 0.15) is 11.6 Å². The molecule has 8 heteroatoms. The summed E-state index contributed by atoms with van der Waals surface area (Å²) in [5.41, 5.74) is 1.84. The van der Waals surface area contributed by atoms with Crippen LogP contribution in [0, 0.1) is 5.82 Å². The van der Waals surface area contributed by atoms with Crippen LogP contribution in [-0.4, -0.2) is 54.2 Å². The van der Waals surface area contributed by atoms with Gasteiger partial charge in [0.25, 0.3) is 0 Å². The van der Waals surface area contributed by atoms with Crippen LogP contribution in [-0.2, 0) is 11.2 Å². The Morgan fingerprint density at radius 2 is 1.84 bits per heavy atom. The Labute approximate surface area is 186 Å². The minimum Gasteiger partial charge on any atom is -0.497 e. The van der Waals surface area contributed by atoms with Crippen molar-refractivity contribution in [2.45, 2.75) is 25.7 Å². The molecule has 0 aliphatic carbocycles. The van der Waals surface area contributed by atoms with Gasteiger partial charge in [-0.25, -0.2) is 4.39 Å². The van der Waals surface area contributed by atoms with E-state index in [0.717, 1.165) is 43.1 Å². The molecular formula is C24H27FN4O3. The summed E-state index contributed by atoms with van der Waals surface area (Å²) in [6, 6.07) is 14.0. The standard InChI is InChI=1S/C24H27FN4O3/c1-31-21-12-6-18(7-13-21)24-26-22(32-27-24)4-2-5-23(30)29-15-3-14-28(16-17-29)20-10-8-19(25)9-11-20/h6-13H,2-5,14-17H2,1H3. The zero-order valence-electron chi connectivity index (χ0n) is 18.2. The molecule has 1 aromatic heterocycles. The first-order valence-electron chi connectivity index (χ1n) is 10.9. The highest BCUT2D eigenvalue weighted by Gasteiger charge is 2.19. The van der Waals surface area contributed by atoms with Crippen LogP contribution in [0.1, 0.15) is 25.2 Å². The van der Waals surface area contributed by atoms with E-state index in [1.54, 1.807) is 19.2 Å². The number of hydrogen-bond acceptors (Lipinski definition) is 6. The Morgan fingerprint density at radius 3 is 2.59 bits per heavy atom. The number of benzene rings is 2. The smallest absolute Gasteiger partial charge is 0.226 e. The number of ether oxygens (including phenoxy) is 1. The van der Waals surface area contributed by atoms with Gasteiger partial charge < -0.3 is 19.1 Å². The lowest BCUT2D eigenvalue weighted by atomic mass is 10.2. The van der Waals surface area contributed by atoms with Gasteiger partial charge >= 0.3 is 0 Å². The minimum absolute atomic E-state index is 0.140. The SMILES string of the molecule is COc1ccc(-c2noc(CCCC(=O)N3CCCN(c4ccc(F)cc4)CC3)n2)cc1. The molecule has 0 atom stereocenters. The molecule has 1 amide bonds. The average molecular weight is 439 g/mol. The first-order valence-corrected chi connectivity index (χ1v) is 10.9. The number of amides is 1. The number of aryl methyl sites for hydroxylation is 1. The molecule has 3 aromatic rings. The maximum Gasteiger partial charge on any atom is 0.226 e. The van der Waals surface area contributed by atoms with E-state index < -0.39 is 0 Å². The molecule has 0 unspecified atom stereocenters. The largest absolute Gasteiger partial charge is 0.497 e. The topological polar surface area (TPSA) is 71.7 Å². The lowest BCUT2D eigenvalue weighted by Crippen LogP contribution is -2.35. The molecule has 7 nitrogen and oxygen atoms in total. The molecular weight excluding hydrogens is 411 g/mol. The van der Waals surface area contributed by atoms with Crippen LogP contribution in [0.25, 0.3) is 11.4 Å². The first kappa shape index (κ1) is 21.8. The summed E-state index contributed by atoms with van der Waals surface area (Å²) in [7, 11) is 1.62. The second-order valence-corrected chi connectivity index (χ2v) is 7.79. The number of nitrogens with zero attached hydrogens (tertiary/aromatic N) is 4. The van der Waals surface area contributed by atoms with Gasteiger partial charge in [0, 0.05) is 50.3 Å². The van der Waals surface area contributed by atoms with Crippen molar-refractivity contribution in [1.82, 2.24) is 15.0 Å². The molecule has 1 aliphatic rings. The monoisotopic (exact) mass is 438 g/mol. The summed E-state index contributed by atoms with van der Waals surface area (Å²) < 4.78 is 23.7. The number of halogens is 1. The van der Waals surface area contributed by atoms with Crippen molar-refractivity contribution in [2.75, 3.05) is 38.2 Å². The average Bonchev–Trinajstić information content (AvgIpc) is 3.15. The van der Waals surface area contributed by atoms with E-state index in [2.05, 4.69) is 15.0 Å². The molecule has 2 heterocycles. The van der Waals surface area contributed by atoms with Crippen molar-refractivity contribution in [1.29, 1.82) is 0 Å². The molecule has 0 saturated carbocycles. The van der Waals surface area contributed by atoms with E-state index in [-0.39, 0.29) is 11.7 Å². The van der Waals surface area contributed by atoms with Crippen molar-refractivity contribution in [3.63, 3.8) is 0 Å². The Hall–Kier alpha value is -3.42. The normalized spacial score (nSPS) is 14.3. The zero-order valence-corrected chi connectivity index (χ0v) is 18.2. The van der Waals surface area contributed by atoms with Gasteiger partial charge in [0.2, 0.25) is 17.6 Å². The minimum atomic E-state index is -0.238. The van der Waals surface area contributed by atoms with Crippen molar-refractivity contribution in [2.24, 2.45) is 0 Å². The Bertz CT molecular complexity index is 1020. The summed E-state index contributed by atoms with van der Waals surface area (Å²) in [5, 5.41) is 4.03. The molecule has 0 bridgehead atoms. The third-order valence-corrected chi connectivity index (χ3v) is 5.64. The van der Waals surface area contributed by atoms with Gasteiger partial charge in [0.05, 0.1) is 7.11 Å². The number of anilines is 1. The molecule has 32 heavy (non-hydrogen) atoms. The number of hydrogen-bond donors (Lipinski definition) is 0. The highest BCUT2D eigenvalue weighted by atomic mass is 19.1. The number of rotatable bonds is 7. The highest BCUT2D eigenvalue weighted by Crippen LogP contribution is 2.21. The molecule has 1 saturated heterocycles. The molecule has 1 aliphatic heterocycles. The van der Waals surface area contributed by atoms with Crippen LogP contribution in [0.4, 0.5) is 10.1 Å². The number of carbonyl (C=O) groups excluding carboxylic acids is 1. The number of aromatic nitrogens is 2. The van der Waals surface area contributed by atoms with Crippen molar-refractivity contribution in [3.8, 4) is 17.1 Å². The van der Waals surface area contributed by atoms with Crippen molar-refractivity contribution >= 4 is 11.6 Å². The van der Waals surface area contributed by atoms with Gasteiger partial charge in [-0.1, -0.05) is 5.16 Å². The Kier molecular flexibility index (Phi) is 6.99. The van der Waals surface area contributed by atoms with Gasteiger partial charge in [0.15, 0.2) is 0 Å². The zero-order chi connectivity index (χ0) is 22.3. The molecule has 0 spiro atoms. The van der Waals surface area contributed by atoms with Crippen LogP contribution in [0.2, 0.25) is 0 Å². The van der Waals surface area contributed by atoms with Gasteiger partial charge in [-0.3, -0.25) is 4.79 Å². The molecule has 168 valence electrons. The van der Waals surface area contributed by atoms with E-state index >= 15 is 0 Å². The van der Waals surface area contributed by atoms with E-state index in [1.165, 1.54) is 12.1 Å². The van der Waals surface area contributed by atoms with Crippen LogP contribution >= 0.6 is 0 Å². The molecule has 0 N–H and O–H groups in total. The fourth-order valence-electron chi connectivity index (χ4n) is 3.84. The molecule has 0 radical (unpaired) electrons. The second kappa shape index (κ2) is 10.3. The summed E-state index contributed by atoms with van der Waals surface area (Å²) in [6.07, 6.45) is 2.54. The van der Waals surface area contributed by atoms with E-state index in [9.17, 15) is 9.18 Å². The fourth-order valence-corrected chi connectivity index (χ4v) is 3.84. The third kappa shape index (κ3) is 5.43. The summed E-state index contributed by atoms with van der Waals surface area (Å²) in [4.78, 5) is 21.2. The van der Waals surface area contributed by atoms with Crippen LogP contribution < -0.4 is 9.64 Å². The van der Waals surface area contributed by atoms with E-state index in [1.807, 2.05) is 29.2 Å². The third-order valence-electron chi connectivity index (χ3n) is 5.64. The summed E-state index contributed by atoms with van der Waals surface area (Å²) in [6.45, 7) is 2.99. The molecule has 4 rings (SSSR count). The number of carbonyl (C=O) groups is 1. The summed E-state index contributed by atoms with van der Waals surface area (Å²) in [5.74, 6) is 1.73. The highest BCUT2D eigenvalue weighted by molar-refractivity contribution is 5.76. The van der Waals surface area contributed by atoms with Gasteiger partial charge in [-0.2, -0.15) is 4.98 Å². The quantitative estimate of drug-likeness (QED) is 0.556. The van der Waals surface area contributed by atoms with Crippen molar-refractivity contribution < 1.29 is 18.4 Å². The Balaban J connectivity index is 1.24. The molecule has 2 aromatic carbocycles. The first-order chi connectivity index (χ1) is 15.6. The van der Waals surface area contributed by atoms with Crippen LogP contribution in [0.5, 0.6) is 5.75 Å². The Morgan fingerprint density at radius 1 is 1.06 bits per heavy atom. The predicted octanol–water partition coefficient (Wildman–Crippen LogP) is 3.95. The maximum atomic E-state index is 13.2. The molecule has 1 fully saturated rings.